The lowest BCUT2D eigenvalue weighted by Crippen LogP contribution is -2.45. The molecule has 3 heteroatoms. The number of morpholine rings is 1. The minimum Gasteiger partial charge on any atom is -0.379 e. The summed E-state index contributed by atoms with van der Waals surface area (Å²) < 4.78 is 5.39. The Hall–Kier alpha value is -0.410. The Morgan fingerprint density at radius 3 is 2.41 bits per heavy atom. The summed E-state index contributed by atoms with van der Waals surface area (Å²) in [5.41, 5.74) is 0.279. The van der Waals surface area contributed by atoms with E-state index in [1.165, 1.54) is 32.1 Å². The minimum atomic E-state index is 0.279. The van der Waals surface area contributed by atoms with Crippen molar-refractivity contribution < 1.29 is 9.53 Å². The third kappa shape index (κ3) is 3.78. The molecule has 1 aliphatic carbocycles. The Kier molecular flexibility index (Phi) is 4.57. The van der Waals surface area contributed by atoms with Gasteiger partial charge in [-0.3, -0.25) is 4.90 Å². The number of ether oxygens (including phenoxy) is 1. The molecule has 0 unspecified atom stereocenters. The van der Waals surface area contributed by atoms with E-state index in [1.54, 1.807) is 6.92 Å². The Morgan fingerprint density at radius 2 is 1.82 bits per heavy atom. The van der Waals surface area contributed by atoms with Crippen molar-refractivity contribution in [2.24, 2.45) is 5.41 Å². The van der Waals surface area contributed by atoms with Crippen molar-refractivity contribution in [2.45, 2.75) is 45.4 Å². The zero-order chi connectivity index (χ0) is 12.1. The second-order valence-electron chi connectivity index (χ2n) is 5.83. The van der Waals surface area contributed by atoms with Gasteiger partial charge in [0.15, 0.2) is 0 Å². The second-order valence-corrected chi connectivity index (χ2v) is 5.83. The highest BCUT2D eigenvalue weighted by Gasteiger charge is 2.35. The van der Waals surface area contributed by atoms with E-state index < -0.39 is 0 Å². The van der Waals surface area contributed by atoms with Crippen LogP contribution in [0.25, 0.3) is 0 Å². The molecular formula is C14H25NO2. The van der Waals surface area contributed by atoms with Gasteiger partial charge in [-0.15, -0.1) is 0 Å². The van der Waals surface area contributed by atoms with Gasteiger partial charge in [-0.25, -0.2) is 0 Å². The molecule has 1 aliphatic heterocycles. The molecule has 1 heterocycles. The van der Waals surface area contributed by atoms with Crippen LogP contribution in [-0.2, 0) is 9.53 Å². The number of rotatable bonds is 4. The van der Waals surface area contributed by atoms with Crippen molar-refractivity contribution in [3.05, 3.63) is 0 Å². The zero-order valence-corrected chi connectivity index (χ0v) is 11.0. The van der Waals surface area contributed by atoms with Crippen molar-refractivity contribution >= 4 is 5.78 Å². The summed E-state index contributed by atoms with van der Waals surface area (Å²) in [4.78, 5) is 14.0. The van der Waals surface area contributed by atoms with Crippen LogP contribution in [0.2, 0.25) is 0 Å². The average molecular weight is 239 g/mol. The maximum atomic E-state index is 11.5. The van der Waals surface area contributed by atoms with Crippen LogP contribution < -0.4 is 0 Å². The van der Waals surface area contributed by atoms with Crippen molar-refractivity contribution in [2.75, 3.05) is 32.8 Å². The van der Waals surface area contributed by atoms with Crippen LogP contribution in [-0.4, -0.2) is 43.5 Å². The van der Waals surface area contributed by atoms with Crippen molar-refractivity contribution in [1.29, 1.82) is 0 Å². The van der Waals surface area contributed by atoms with Crippen molar-refractivity contribution in [1.82, 2.24) is 4.90 Å². The lowest BCUT2D eigenvalue weighted by Gasteiger charge is -2.41. The van der Waals surface area contributed by atoms with Crippen LogP contribution >= 0.6 is 0 Å². The molecule has 0 N–H and O–H groups in total. The molecule has 0 aromatic carbocycles. The average Bonchev–Trinajstić information content (AvgIpc) is 2.30. The van der Waals surface area contributed by atoms with E-state index in [1.807, 2.05) is 0 Å². The number of Topliss-reactive ketones (excluding diaryl/α,β-unsaturated/α-hetero) is 1. The number of hydrogen-bond acceptors (Lipinski definition) is 3. The number of hydrogen-bond donors (Lipinski definition) is 0. The van der Waals surface area contributed by atoms with Gasteiger partial charge in [-0.2, -0.15) is 0 Å². The summed E-state index contributed by atoms with van der Waals surface area (Å²) >= 11 is 0. The molecule has 0 bridgehead atoms. The number of carbonyl (C=O) groups is 1. The van der Waals surface area contributed by atoms with E-state index in [0.29, 0.717) is 5.78 Å². The molecule has 2 fully saturated rings. The monoisotopic (exact) mass is 239 g/mol. The van der Waals surface area contributed by atoms with Crippen LogP contribution in [0.4, 0.5) is 0 Å². The van der Waals surface area contributed by atoms with Gasteiger partial charge >= 0.3 is 0 Å². The molecule has 0 radical (unpaired) electrons. The van der Waals surface area contributed by atoms with E-state index in [0.717, 1.165) is 39.3 Å². The molecule has 2 aliphatic rings. The molecule has 1 saturated heterocycles. The maximum Gasteiger partial charge on any atom is 0.130 e. The van der Waals surface area contributed by atoms with Gasteiger partial charge in [-0.05, 0) is 25.2 Å². The Balaban J connectivity index is 1.95. The maximum absolute atomic E-state index is 11.5. The van der Waals surface area contributed by atoms with E-state index in [-0.39, 0.29) is 5.41 Å². The molecule has 0 aromatic heterocycles. The highest BCUT2D eigenvalue weighted by molar-refractivity contribution is 5.76. The molecule has 2 rings (SSSR count). The third-order valence-corrected chi connectivity index (χ3v) is 4.20. The highest BCUT2D eigenvalue weighted by Crippen LogP contribution is 2.40. The fourth-order valence-corrected chi connectivity index (χ4v) is 3.45. The Bertz CT molecular complexity index is 253. The largest absolute Gasteiger partial charge is 0.379 e. The molecule has 0 atom stereocenters. The molecule has 98 valence electrons. The molecule has 0 spiro atoms. The normalized spacial score (nSPS) is 25.7. The van der Waals surface area contributed by atoms with Gasteiger partial charge in [0.05, 0.1) is 13.2 Å². The van der Waals surface area contributed by atoms with Gasteiger partial charge in [0.25, 0.3) is 0 Å². The zero-order valence-electron chi connectivity index (χ0n) is 11.0. The second kappa shape index (κ2) is 5.96. The van der Waals surface area contributed by atoms with Crippen LogP contribution in [0.15, 0.2) is 0 Å². The smallest absolute Gasteiger partial charge is 0.130 e. The minimum absolute atomic E-state index is 0.279. The summed E-state index contributed by atoms with van der Waals surface area (Å²) in [6, 6.07) is 0. The summed E-state index contributed by atoms with van der Waals surface area (Å²) in [6.45, 7) is 6.65. The first-order chi connectivity index (χ1) is 8.20. The summed E-state index contributed by atoms with van der Waals surface area (Å²) in [5, 5.41) is 0. The SMILES string of the molecule is CC(=O)CC1(CN2CCOCC2)CCCCC1. The molecular weight excluding hydrogens is 214 g/mol. The van der Waals surface area contributed by atoms with Gasteiger partial charge < -0.3 is 9.53 Å². The topological polar surface area (TPSA) is 29.5 Å². The van der Waals surface area contributed by atoms with Gasteiger partial charge in [0.2, 0.25) is 0 Å². The quantitative estimate of drug-likeness (QED) is 0.753. The Labute approximate surface area is 105 Å². The van der Waals surface area contributed by atoms with Crippen molar-refractivity contribution in [3.63, 3.8) is 0 Å². The first-order valence-corrected chi connectivity index (χ1v) is 7.00. The molecule has 1 saturated carbocycles. The number of carbonyl (C=O) groups excluding carboxylic acids is 1. The van der Waals surface area contributed by atoms with E-state index >= 15 is 0 Å². The summed E-state index contributed by atoms with van der Waals surface area (Å²) in [7, 11) is 0. The molecule has 3 nitrogen and oxygen atoms in total. The lowest BCUT2D eigenvalue weighted by atomic mass is 9.70. The molecule has 0 amide bonds. The van der Waals surface area contributed by atoms with Crippen LogP contribution in [0, 0.1) is 5.41 Å². The highest BCUT2D eigenvalue weighted by atomic mass is 16.5. The molecule has 0 aromatic rings. The predicted octanol–water partition coefficient (Wildman–Crippen LogP) is 2.25. The first kappa shape index (κ1) is 13.0. The summed E-state index contributed by atoms with van der Waals surface area (Å²) in [5.74, 6) is 0.361. The molecule has 17 heavy (non-hydrogen) atoms. The van der Waals surface area contributed by atoms with Gasteiger partial charge in [0, 0.05) is 26.1 Å². The predicted molar refractivity (Wildman–Crippen MR) is 68.1 cm³/mol. The fourth-order valence-electron chi connectivity index (χ4n) is 3.45. The number of nitrogens with zero attached hydrogens (tertiary/aromatic N) is 1. The van der Waals surface area contributed by atoms with Crippen LogP contribution in [0.1, 0.15) is 45.4 Å². The Morgan fingerprint density at radius 1 is 1.18 bits per heavy atom. The van der Waals surface area contributed by atoms with Crippen molar-refractivity contribution in [3.8, 4) is 0 Å². The lowest BCUT2D eigenvalue weighted by molar-refractivity contribution is -0.120. The van der Waals surface area contributed by atoms with E-state index in [2.05, 4.69) is 4.90 Å². The summed E-state index contributed by atoms with van der Waals surface area (Å²) in [6.07, 6.45) is 7.22. The number of ketones is 1. The van der Waals surface area contributed by atoms with E-state index in [9.17, 15) is 4.79 Å². The standard InChI is InChI=1S/C14H25NO2/c1-13(16)11-14(5-3-2-4-6-14)12-15-7-9-17-10-8-15/h2-12H2,1H3. The van der Waals surface area contributed by atoms with Crippen LogP contribution in [0.3, 0.4) is 0 Å². The van der Waals surface area contributed by atoms with E-state index in [4.69, 9.17) is 4.74 Å². The third-order valence-electron chi connectivity index (χ3n) is 4.20. The fraction of sp³-hybridized carbons (Fsp3) is 0.929. The van der Waals surface area contributed by atoms with Gasteiger partial charge in [0.1, 0.15) is 5.78 Å². The van der Waals surface area contributed by atoms with Gasteiger partial charge in [-0.1, -0.05) is 19.3 Å². The van der Waals surface area contributed by atoms with Crippen LogP contribution in [0.5, 0.6) is 0 Å². The first-order valence-electron chi connectivity index (χ1n) is 7.00.